The minimum absolute atomic E-state index is 0.171. The molecule has 5 heteroatoms. The van der Waals surface area contributed by atoms with E-state index >= 15 is 0 Å². The third-order valence-electron chi connectivity index (χ3n) is 4.74. The molecule has 0 bridgehead atoms. The van der Waals surface area contributed by atoms with Crippen LogP contribution in [0.5, 0.6) is 0 Å². The molecule has 0 radical (unpaired) electrons. The molecule has 5 nitrogen and oxygen atoms in total. The molecule has 3 amide bonds. The van der Waals surface area contributed by atoms with Crippen LogP contribution in [0.25, 0.3) is 0 Å². The van der Waals surface area contributed by atoms with E-state index < -0.39 is 5.54 Å². The van der Waals surface area contributed by atoms with Crippen molar-refractivity contribution in [1.29, 1.82) is 0 Å². The van der Waals surface area contributed by atoms with Gasteiger partial charge in [-0.15, -0.1) is 0 Å². The number of hydrogen-bond donors (Lipinski definition) is 3. The summed E-state index contributed by atoms with van der Waals surface area (Å²) in [5, 5.41) is 8.68. The predicted octanol–water partition coefficient (Wildman–Crippen LogP) is 1.12. The van der Waals surface area contributed by atoms with E-state index in [0.717, 1.165) is 37.1 Å². The first kappa shape index (κ1) is 14.1. The molecule has 0 aliphatic carbocycles. The normalized spacial score (nSPS) is 26.5. The Bertz CT molecular complexity index is 566. The fourth-order valence-electron chi connectivity index (χ4n) is 3.49. The third-order valence-corrected chi connectivity index (χ3v) is 4.74. The van der Waals surface area contributed by atoms with Gasteiger partial charge in [0.2, 0.25) is 0 Å². The maximum absolute atomic E-state index is 12.5. The third kappa shape index (κ3) is 2.53. The molecule has 1 aromatic carbocycles. The van der Waals surface area contributed by atoms with Crippen LogP contribution in [-0.4, -0.2) is 30.6 Å². The Morgan fingerprint density at radius 2 is 1.90 bits per heavy atom. The van der Waals surface area contributed by atoms with Crippen molar-refractivity contribution >= 4 is 11.9 Å². The SMILES string of the molecule is Cc1ccccc1C[C@@]1(C2CCNCC2)NC(=O)NC1=O. The van der Waals surface area contributed by atoms with Crippen molar-refractivity contribution in [2.75, 3.05) is 13.1 Å². The average Bonchev–Trinajstić information content (AvgIpc) is 2.77. The van der Waals surface area contributed by atoms with Crippen molar-refractivity contribution in [3.8, 4) is 0 Å². The summed E-state index contributed by atoms with van der Waals surface area (Å²) in [7, 11) is 0. The second-order valence-corrected chi connectivity index (χ2v) is 6.01. The van der Waals surface area contributed by atoms with Crippen LogP contribution in [0.4, 0.5) is 4.79 Å². The number of aryl methyl sites for hydroxylation is 1. The van der Waals surface area contributed by atoms with Gasteiger partial charge in [0.25, 0.3) is 5.91 Å². The maximum atomic E-state index is 12.5. The molecule has 2 aliphatic heterocycles. The molecule has 1 aromatic rings. The molecule has 2 heterocycles. The van der Waals surface area contributed by atoms with E-state index in [9.17, 15) is 9.59 Å². The molecule has 0 spiro atoms. The molecule has 2 saturated heterocycles. The lowest BCUT2D eigenvalue weighted by atomic mass is 9.74. The highest BCUT2D eigenvalue weighted by Crippen LogP contribution is 2.32. The van der Waals surface area contributed by atoms with E-state index in [2.05, 4.69) is 16.0 Å². The molecule has 3 N–H and O–H groups in total. The number of urea groups is 1. The van der Waals surface area contributed by atoms with Crippen LogP contribution in [0.15, 0.2) is 24.3 Å². The molecular formula is C16H21N3O2. The molecule has 2 aliphatic rings. The van der Waals surface area contributed by atoms with Gasteiger partial charge in [0.15, 0.2) is 0 Å². The number of piperidine rings is 1. The molecule has 0 aromatic heterocycles. The summed E-state index contributed by atoms with van der Waals surface area (Å²) >= 11 is 0. The highest BCUT2D eigenvalue weighted by atomic mass is 16.2. The van der Waals surface area contributed by atoms with Gasteiger partial charge in [0.1, 0.15) is 5.54 Å². The standard InChI is InChI=1S/C16H21N3O2/c1-11-4-2-3-5-12(11)10-16(13-6-8-17-9-7-13)14(20)18-15(21)19-16/h2-5,13,17H,6-10H2,1H3,(H2,18,19,20,21)/t16-/m0/s1. The van der Waals surface area contributed by atoms with Crippen LogP contribution < -0.4 is 16.0 Å². The number of rotatable bonds is 3. The largest absolute Gasteiger partial charge is 0.323 e. The Morgan fingerprint density at radius 1 is 1.19 bits per heavy atom. The van der Waals surface area contributed by atoms with Gasteiger partial charge in [-0.05, 0) is 49.9 Å². The van der Waals surface area contributed by atoms with E-state index in [1.165, 1.54) is 0 Å². The van der Waals surface area contributed by atoms with Gasteiger partial charge in [-0.2, -0.15) is 0 Å². The van der Waals surface area contributed by atoms with Crippen molar-refractivity contribution in [3.63, 3.8) is 0 Å². The first-order valence-corrected chi connectivity index (χ1v) is 7.50. The molecule has 0 unspecified atom stereocenters. The monoisotopic (exact) mass is 287 g/mol. The van der Waals surface area contributed by atoms with E-state index in [1.807, 2.05) is 31.2 Å². The van der Waals surface area contributed by atoms with Crippen molar-refractivity contribution in [2.45, 2.75) is 31.7 Å². The van der Waals surface area contributed by atoms with E-state index in [0.29, 0.717) is 6.42 Å². The van der Waals surface area contributed by atoms with Crippen molar-refractivity contribution < 1.29 is 9.59 Å². The fourth-order valence-corrected chi connectivity index (χ4v) is 3.49. The number of carbonyl (C=O) groups excluding carboxylic acids is 2. The smallest absolute Gasteiger partial charge is 0.322 e. The highest BCUT2D eigenvalue weighted by molar-refractivity contribution is 6.07. The Kier molecular flexibility index (Phi) is 3.68. The maximum Gasteiger partial charge on any atom is 0.322 e. The van der Waals surface area contributed by atoms with Gasteiger partial charge in [-0.25, -0.2) is 4.79 Å². The zero-order valence-corrected chi connectivity index (χ0v) is 12.2. The van der Waals surface area contributed by atoms with E-state index in [4.69, 9.17) is 0 Å². The Balaban J connectivity index is 1.94. The van der Waals surface area contributed by atoms with Crippen molar-refractivity contribution in [2.24, 2.45) is 5.92 Å². The summed E-state index contributed by atoms with van der Waals surface area (Å²) in [5.41, 5.74) is 1.47. The van der Waals surface area contributed by atoms with Gasteiger partial charge in [-0.1, -0.05) is 24.3 Å². The number of imide groups is 1. The van der Waals surface area contributed by atoms with Crippen LogP contribution in [-0.2, 0) is 11.2 Å². The number of amides is 3. The summed E-state index contributed by atoms with van der Waals surface area (Å²) in [6, 6.07) is 7.68. The van der Waals surface area contributed by atoms with Crippen LogP contribution >= 0.6 is 0 Å². The Labute approximate surface area is 124 Å². The number of hydrogen-bond acceptors (Lipinski definition) is 3. The zero-order chi connectivity index (χ0) is 14.9. The summed E-state index contributed by atoms with van der Waals surface area (Å²) < 4.78 is 0. The molecule has 112 valence electrons. The lowest BCUT2D eigenvalue weighted by Gasteiger charge is -2.37. The quantitative estimate of drug-likeness (QED) is 0.730. The predicted molar refractivity (Wildman–Crippen MR) is 79.9 cm³/mol. The van der Waals surface area contributed by atoms with Crippen molar-refractivity contribution in [1.82, 2.24) is 16.0 Å². The van der Waals surface area contributed by atoms with Gasteiger partial charge in [0.05, 0.1) is 0 Å². The highest BCUT2D eigenvalue weighted by Gasteiger charge is 2.51. The van der Waals surface area contributed by atoms with Gasteiger partial charge < -0.3 is 10.6 Å². The molecule has 2 fully saturated rings. The lowest BCUT2D eigenvalue weighted by molar-refractivity contribution is -0.126. The minimum atomic E-state index is -0.800. The van der Waals surface area contributed by atoms with E-state index in [-0.39, 0.29) is 17.9 Å². The molecule has 21 heavy (non-hydrogen) atoms. The molecular weight excluding hydrogens is 266 g/mol. The Hall–Kier alpha value is -1.88. The number of benzene rings is 1. The minimum Gasteiger partial charge on any atom is -0.323 e. The van der Waals surface area contributed by atoms with Gasteiger partial charge in [-0.3, -0.25) is 10.1 Å². The zero-order valence-electron chi connectivity index (χ0n) is 12.2. The summed E-state index contributed by atoms with van der Waals surface area (Å²) in [6.45, 7) is 3.83. The second-order valence-electron chi connectivity index (χ2n) is 6.01. The summed E-state index contributed by atoms with van der Waals surface area (Å²) in [4.78, 5) is 24.2. The summed E-state index contributed by atoms with van der Waals surface area (Å²) in [6.07, 6.45) is 2.36. The van der Waals surface area contributed by atoms with Crippen LogP contribution in [0.1, 0.15) is 24.0 Å². The number of nitrogens with one attached hydrogen (secondary N) is 3. The van der Waals surface area contributed by atoms with Gasteiger partial charge >= 0.3 is 6.03 Å². The Morgan fingerprint density at radius 3 is 2.52 bits per heavy atom. The molecule has 0 saturated carbocycles. The number of carbonyl (C=O) groups is 2. The van der Waals surface area contributed by atoms with Crippen LogP contribution in [0.2, 0.25) is 0 Å². The van der Waals surface area contributed by atoms with Crippen LogP contribution in [0, 0.1) is 12.8 Å². The molecule has 1 atom stereocenters. The molecule has 3 rings (SSSR count). The average molecular weight is 287 g/mol. The first-order chi connectivity index (χ1) is 10.1. The van der Waals surface area contributed by atoms with E-state index in [1.54, 1.807) is 0 Å². The van der Waals surface area contributed by atoms with Crippen molar-refractivity contribution in [3.05, 3.63) is 35.4 Å². The second kappa shape index (κ2) is 5.48. The topological polar surface area (TPSA) is 70.2 Å². The van der Waals surface area contributed by atoms with Gasteiger partial charge in [0, 0.05) is 6.42 Å². The fraction of sp³-hybridized carbons (Fsp3) is 0.500. The van der Waals surface area contributed by atoms with Crippen LogP contribution in [0.3, 0.4) is 0 Å². The lowest BCUT2D eigenvalue weighted by Crippen LogP contribution is -2.57. The first-order valence-electron chi connectivity index (χ1n) is 7.50. The summed E-state index contributed by atoms with van der Waals surface area (Å²) in [5.74, 6) is -0.00698.